The van der Waals surface area contributed by atoms with Gasteiger partial charge in [0.15, 0.2) is 0 Å². The van der Waals surface area contributed by atoms with E-state index in [9.17, 15) is 14.9 Å². The number of amides is 1. The zero-order chi connectivity index (χ0) is 18.7. The fourth-order valence-corrected chi connectivity index (χ4v) is 3.09. The van der Waals surface area contributed by atoms with Crippen LogP contribution >= 0.6 is 22.9 Å². The second-order valence-corrected chi connectivity index (χ2v) is 6.40. The number of hydrogen-bond donors (Lipinski definition) is 1. The highest BCUT2D eigenvalue weighted by Crippen LogP contribution is 2.29. The van der Waals surface area contributed by atoms with Crippen molar-refractivity contribution in [2.45, 2.75) is 0 Å². The minimum Gasteiger partial charge on any atom is -0.497 e. The maximum Gasteiger partial charge on any atom is 0.270 e. The van der Waals surface area contributed by atoms with Crippen molar-refractivity contribution in [3.8, 4) is 16.3 Å². The highest BCUT2D eigenvalue weighted by molar-refractivity contribution is 7.18. The Morgan fingerprint density at radius 1 is 1.23 bits per heavy atom. The van der Waals surface area contributed by atoms with E-state index in [4.69, 9.17) is 16.3 Å². The molecule has 1 N–H and O–H groups in total. The van der Waals surface area contributed by atoms with Gasteiger partial charge in [-0.3, -0.25) is 20.2 Å². The highest BCUT2D eigenvalue weighted by Gasteiger charge is 2.17. The molecule has 0 aliphatic heterocycles. The largest absolute Gasteiger partial charge is 0.497 e. The number of halogens is 1. The minimum absolute atomic E-state index is 0.0170. The number of rotatable bonds is 5. The number of nitro benzene ring substituents is 1. The quantitative estimate of drug-likeness (QED) is 0.520. The fourth-order valence-electron chi connectivity index (χ4n) is 2.09. The van der Waals surface area contributed by atoms with Crippen molar-refractivity contribution in [2.75, 3.05) is 12.4 Å². The van der Waals surface area contributed by atoms with Crippen LogP contribution in [0.15, 0.2) is 42.5 Å². The van der Waals surface area contributed by atoms with Gasteiger partial charge in [-0.15, -0.1) is 10.2 Å². The smallest absolute Gasteiger partial charge is 0.270 e. The predicted molar refractivity (Wildman–Crippen MR) is 98.0 cm³/mol. The molecule has 0 saturated heterocycles. The molecule has 26 heavy (non-hydrogen) atoms. The van der Waals surface area contributed by atoms with E-state index in [1.54, 1.807) is 19.2 Å². The number of ether oxygens (including phenoxy) is 1. The van der Waals surface area contributed by atoms with Crippen LogP contribution in [0.5, 0.6) is 5.75 Å². The van der Waals surface area contributed by atoms with Crippen LogP contribution in [-0.2, 0) is 0 Å². The number of nitro groups is 1. The Balaban J connectivity index is 1.76. The lowest BCUT2D eigenvalue weighted by atomic mass is 10.2. The summed E-state index contributed by atoms with van der Waals surface area (Å²) < 4.78 is 5.10. The normalized spacial score (nSPS) is 10.4. The molecule has 8 nitrogen and oxygen atoms in total. The van der Waals surface area contributed by atoms with Crippen LogP contribution in [0.1, 0.15) is 10.4 Å². The highest BCUT2D eigenvalue weighted by atomic mass is 35.5. The Morgan fingerprint density at radius 2 is 1.96 bits per heavy atom. The molecule has 1 aromatic heterocycles. The summed E-state index contributed by atoms with van der Waals surface area (Å²) >= 11 is 7.14. The van der Waals surface area contributed by atoms with Crippen molar-refractivity contribution in [1.82, 2.24) is 10.2 Å². The van der Waals surface area contributed by atoms with Gasteiger partial charge >= 0.3 is 0 Å². The van der Waals surface area contributed by atoms with E-state index >= 15 is 0 Å². The van der Waals surface area contributed by atoms with Gasteiger partial charge < -0.3 is 4.74 Å². The summed E-state index contributed by atoms with van der Waals surface area (Å²) in [6, 6.07) is 10.9. The van der Waals surface area contributed by atoms with Gasteiger partial charge in [0.05, 0.1) is 22.6 Å². The standard InChI is InChI=1S/C16H11ClN4O4S/c1-25-11-5-2-9(3-6-11)15-19-20-16(26-15)18-14(22)12-7-4-10(21(23)24)8-13(12)17/h2-8H,1H3,(H,18,20,22). The molecule has 0 saturated carbocycles. The first-order chi connectivity index (χ1) is 12.5. The first kappa shape index (κ1) is 17.8. The van der Waals surface area contributed by atoms with Crippen LogP contribution < -0.4 is 10.1 Å². The van der Waals surface area contributed by atoms with E-state index in [-0.39, 0.29) is 21.4 Å². The van der Waals surface area contributed by atoms with Crippen LogP contribution in [0, 0.1) is 10.1 Å². The average molecular weight is 391 g/mol. The molecule has 0 radical (unpaired) electrons. The van der Waals surface area contributed by atoms with Crippen LogP contribution in [0.3, 0.4) is 0 Å². The third-order valence-electron chi connectivity index (χ3n) is 3.39. The lowest BCUT2D eigenvalue weighted by Crippen LogP contribution is -2.12. The van der Waals surface area contributed by atoms with Gasteiger partial charge in [-0.2, -0.15) is 0 Å². The Hall–Kier alpha value is -3.04. The first-order valence-corrected chi connectivity index (χ1v) is 8.40. The molecule has 132 valence electrons. The van der Waals surface area contributed by atoms with Gasteiger partial charge in [0.2, 0.25) is 5.13 Å². The molecule has 3 aromatic rings. The number of anilines is 1. The summed E-state index contributed by atoms with van der Waals surface area (Å²) in [7, 11) is 1.58. The predicted octanol–water partition coefficient (Wildman–Crippen LogP) is 4.03. The van der Waals surface area contributed by atoms with Crippen LogP contribution in [0.2, 0.25) is 5.02 Å². The number of methoxy groups -OCH3 is 1. The summed E-state index contributed by atoms with van der Waals surface area (Å²) in [5.74, 6) is 0.196. The number of carbonyl (C=O) groups excluding carboxylic acids is 1. The third kappa shape index (κ3) is 3.79. The number of aromatic nitrogens is 2. The second-order valence-electron chi connectivity index (χ2n) is 5.02. The number of nitrogens with one attached hydrogen (secondary N) is 1. The van der Waals surface area contributed by atoms with Gasteiger partial charge in [-0.25, -0.2) is 0 Å². The zero-order valence-electron chi connectivity index (χ0n) is 13.3. The van der Waals surface area contributed by atoms with Crippen molar-refractivity contribution in [2.24, 2.45) is 0 Å². The molecule has 0 spiro atoms. The van der Waals surface area contributed by atoms with E-state index in [1.165, 1.54) is 23.5 Å². The van der Waals surface area contributed by atoms with Gasteiger partial charge in [-0.05, 0) is 30.3 Å². The molecular formula is C16H11ClN4O4S. The lowest BCUT2D eigenvalue weighted by molar-refractivity contribution is -0.384. The molecule has 10 heteroatoms. The van der Waals surface area contributed by atoms with Gasteiger partial charge in [0.25, 0.3) is 11.6 Å². The number of hydrogen-bond acceptors (Lipinski definition) is 7. The molecule has 0 bridgehead atoms. The Labute approximate surface area is 156 Å². The number of carbonyl (C=O) groups is 1. The van der Waals surface area contributed by atoms with E-state index in [1.807, 2.05) is 12.1 Å². The number of nitrogens with zero attached hydrogens (tertiary/aromatic N) is 3. The van der Waals surface area contributed by atoms with E-state index in [2.05, 4.69) is 15.5 Å². The number of benzene rings is 2. The Morgan fingerprint density at radius 3 is 2.58 bits per heavy atom. The molecule has 1 heterocycles. The molecule has 3 rings (SSSR count). The maximum absolute atomic E-state index is 12.3. The molecule has 2 aromatic carbocycles. The van der Waals surface area contributed by atoms with E-state index in [0.717, 1.165) is 17.4 Å². The zero-order valence-corrected chi connectivity index (χ0v) is 14.9. The van der Waals surface area contributed by atoms with Crippen molar-refractivity contribution >= 4 is 39.7 Å². The van der Waals surface area contributed by atoms with Gasteiger partial charge in [0, 0.05) is 17.7 Å². The Kier molecular flexibility index (Phi) is 5.10. The molecule has 0 unspecified atom stereocenters. The SMILES string of the molecule is COc1ccc(-c2nnc(NC(=O)c3ccc([N+](=O)[O-])cc3Cl)s2)cc1. The van der Waals surface area contributed by atoms with Crippen LogP contribution in [0.25, 0.3) is 10.6 Å². The van der Waals surface area contributed by atoms with Gasteiger partial charge in [-0.1, -0.05) is 22.9 Å². The first-order valence-electron chi connectivity index (χ1n) is 7.21. The van der Waals surface area contributed by atoms with E-state index in [0.29, 0.717) is 5.01 Å². The molecule has 0 atom stereocenters. The molecule has 0 aliphatic rings. The minimum atomic E-state index is -0.584. The topological polar surface area (TPSA) is 107 Å². The van der Waals surface area contributed by atoms with Crippen molar-refractivity contribution in [3.63, 3.8) is 0 Å². The third-order valence-corrected chi connectivity index (χ3v) is 4.59. The van der Waals surface area contributed by atoms with E-state index < -0.39 is 10.8 Å². The number of non-ortho nitro benzene ring substituents is 1. The van der Waals surface area contributed by atoms with Crippen LogP contribution in [-0.4, -0.2) is 28.1 Å². The Bertz CT molecular complexity index is 975. The van der Waals surface area contributed by atoms with Crippen LogP contribution in [0.4, 0.5) is 10.8 Å². The monoisotopic (exact) mass is 390 g/mol. The molecule has 1 amide bonds. The summed E-state index contributed by atoms with van der Waals surface area (Å²) in [6.45, 7) is 0. The summed E-state index contributed by atoms with van der Waals surface area (Å²) in [4.78, 5) is 22.4. The maximum atomic E-state index is 12.3. The van der Waals surface area contributed by atoms with Crippen molar-refractivity contribution in [1.29, 1.82) is 0 Å². The summed E-state index contributed by atoms with van der Waals surface area (Å²) in [5.41, 5.74) is 0.750. The summed E-state index contributed by atoms with van der Waals surface area (Å²) in [5, 5.41) is 22.2. The molecule has 0 fully saturated rings. The van der Waals surface area contributed by atoms with Crippen molar-refractivity contribution in [3.05, 3.63) is 63.2 Å². The molecular weight excluding hydrogens is 380 g/mol. The second kappa shape index (κ2) is 7.46. The molecule has 0 aliphatic carbocycles. The average Bonchev–Trinajstić information content (AvgIpc) is 3.10. The van der Waals surface area contributed by atoms with Gasteiger partial charge in [0.1, 0.15) is 10.8 Å². The van der Waals surface area contributed by atoms with Crippen molar-refractivity contribution < 1.29 is 14.5 Å². The summed E-state index contributed by atoms with van der Waals surface area (Å²) in [6.07, 6.45) is 0. The fraction of sp³-hybridized carbons (Fsp3) is 0.0625. The lowest BCUT2D eigenvalue weighted by Gasteiger charge is -2.03.